The first kappa shape index (κ1) is 12.9. The van der Waals surface area contributed by atoms with Crippen LogP contribution in [0, 0.1) is 0 Å². The summed E-state index contributed by atoms with van der Waals surface area (Å²) in [6.07, 6.45) is 3.21. The predicted octanol–water partition coefficient (Wildman–Crippen LogP) is 4.40. The van der Waals surface area contributed by atoms with Crippen LogP contribution in [0.2, 0.25) is 5.02 Å². The Morgan fingerprint density at radius 3 is 2.71 bits per heavy atom. The first-order valence-electron chi connectivity index (χ1n) is 7.33. The zero-order chi connectivity index (χ0) is 14.4. The molecule has 21 heavy (non-hydrogen) atoms. The highest BCUT2D eigenvalue weighted by atomic mass is 35.5. The van der Waals surface area contributed by atoms with Crippen LogP contribution in [0.5, 0.6) is 0 Å². The zero-order valence-electron chi connectivity index (χ0n) is 11.6. The van der Waals surface area contributed by atoms with E-state index in [0.29, 0.717) is 18.4 Å². The lowest BCUT2D eigenvalue weighted by molar-refractivity contribution is 0.647. The highest BCUT2D eigenvalue weighted by molar-refractivity contribution is 6.31. The van der Waals surface area contributed by atoms with Crippen LogP contribution in [0.25, 0.3) is 10.9 Å². The minimum absolute atomic E-state index is 0.405. The molecule has 1 aliphatic carbocycles. The van der Waals surface area contributed by atoms with E-state index >= 15 is 0 Å². The summed E-state index contributed by atoms with van der Waals surface area (Å²) in [5, 5.41) is 2.00. The van der Waals surface area contributed by atoms with Gasteiger partial charge in [-0.25, -0.2) is 0 Å². The van der Waals surface area contributed by atoms with Crippen LogP contribution in [0.3, 0.4) is 0 Å². The maximum Gasteiger partial charge on any atom is 0.0458 e. The first-order valence-corrected chi connectivity index (χ1v) is 7.71. The van der Waals surface area contributed by atoms with Crippen molar-refractivity contribution in [2.45, 2.75) is 18.3 Å². The number of rotatable bonds is 2. The molecular formula is C18H17ClN2. The third-order valence-corrected chi connectivity index (χ3v) is 4.90. The van der Waals surface area contributed by atoms with Gasteiger partial charge in [0.25, 0.3) is 0 Å². The van der Waals surface area contributed by atoms with Crippen molar-refractivity contribution < 1.29 is 0 Å². The van der Waals surface area contributed by atoms with Crippen molar-refractivity contribution in [2.75, 3.05) is 6.54 Å². The molecule has 4 rings (SSSR count). The molecule has 0 saturated carbocycles. The van der Waals surface area contributed by atoms with Gasteiger partial charge < -0.3 is 10.7 Å². The van der Waals surface area contributed by atoms with Crippen LogP contribution in [0.4, 0.5) is 0 Å². The number of nitrogens with two attached hydrogens (primary N) is 1. The fourth-order valence-corrected chi connectivity index (χ4v) is 3.83. The number of hydrogen-bond donors (Lipinski definition) is 2. The summed E-state index contributed by atoms with van der Waals surface area (Å²) in [7, 11) is 0. The fourth-order valence-electron chi connectivity index (χ4n) is 3.66. The largest absolute Gasteiger partial charge is 0.361 e. The third kappa shape index (κ3) is 1.98. The highest BCUT2D eigenvalue weighted by Crippen LogP contribution is 2.46. The highest BCUT2D eigenvalue weighted by Gasteiger charge is 2.32. The second kappa shape index (κ2) is 4.90. The summed E-state index contributed by atoms with van der Waals surface area (Å²) in [5.41, 5.74) is 11.3. The Bertz CT molecular complexity index is 806. The molecule has 2 aromatic carbocycles. The van der Waals surface area contributed by atoms with Gasteiger partial charge in [0.2, 0.25) is 0 Å². The molecule has 3 N–H and O–H groups in total. The summed E-state index contributed by atoms with van der Waals surface area (Å²) in [6.45, 7) is 0.705. The zero-order valence-corrected chi connectivity index (χ0v) is 12.4. The number of nitrogens with one attached hydrogen (secondary N) is 1. The Morgan fingerprint density at radius 2 is 1.90 bits per heavy atom. The molecule has 0 amide bonds. The standard InChI is InChI=1S/C18H17ClN2/c19-12-5-6-18-16(8-12)17(10-21-18)15-7-11(9-20)13-3-1-2-4-14(13)15/h1-6,8,10-11,15,21H,7,9,20H2/t11-,15+/m0/s1. The molecule has 0 unspecified atom stereocenters. The van der Waals surface area contributed by atoms with Crippen molar-refractivity contribution >= 4 is 22.5 Å². The van der Waals surface area contributed by atoms with Gasteiger partial charge in [-0.05, 0) is 53.8 Å². The molecule has 1 aliphatic rings. The number of benzene rings is 2. The molecule has 3 heteroatoms. The molecular weight excluding hydrogens is 280 g/mol. The third-order valence-electron chi connectivity index (χ3n) is 4.67. The van der Waals surface area contributed by atoms with Crippen molar-refractivity contribution in [3.05, 3.63) is 70.4 Å². The van der Waals surface area contributed by atoms with Crippen molar-refractivity contribution in [1.29, 1.82) is 0 Å². The van der Waals surface area contributed by atoms with Crippen molar-refractivity contribution in [3.8, 4) is 0 Å². The second-order valence-corrected chi connectivity index (χ2v) is 6.22. The molecule has 0 bridgehead atoms. The molecule has 2 atom stereocenters. The Kier molecular flexibility index (Phi) is 3.02. The molecule has 0 radical (unpaired) electrons. The Hall–Kier alpha value is -1.77. The van der Waals surface area contributed by atoms with Crippen molar-refractivity contribution in [3.63, 3.8) is 0 Å². The van der Waals surface area contributed by atoms with E-state index in [1.54, 1.807) is 0 Å². The number of hydrogen-bond acceptors (Lipinski definition) is 1. The van der Waals surface area contributed by atoms with Gasteiger partial charge in [-0.3, -0.25) is 0 Å². The van der Waals surface area contributed by atoms with Crippen molar-refractivity contribution in [2.24, 2.45) is 5.73 Å². The number of halogens is 1. The molecule has 0 spiro atoms. The van der Waals surface area contributed by atoms with Crippen LogP contribution in [0.1, 0.15) is 34.9 Å². The van der Waals surface area contributed by atoms with E-state index in [2.05, 4.69) is 41.5 Å². The number of aromatic amines is 1. The van der Waals surface area contributed by atoms with Crippen molar-refractivity contribution in [1.82, 2.24) is 4.98 Å². The first-order chi connectivity index (χ1) is 10.3. The van der Waals surface area contributed by atoms with E-state index in [4.69, 9.17) is 17.3 Å². The molecule has 1 heterocycles. The normalized spacial score (nSPS) is 20.9. The van der Waals surface area contributed by atoms with Gasteiger partial charge in [0.15, 0.2) is 0 Å². The Labute approximate surface area is 128 Å². The van der Waals surface area contributed by atoms with Crippen LogP contribution in [-0.2, 0) is 0 Å². The van der Waals surface area contributed by atoms with E-state index in [-0.39, 0.29) is 0 Å². The number of fused-ring (bicyclic) bond motifs is 2. The fraction of sp³-hybridized carbons (Fsp3) is 0.222. The van der Waals surface area contributed by atoms with Crippen LogP contribution >= 0.6 is 11.6 Å². The van der Waals surface area contributed by atoms with E-state index in [1.165, 1.54) is 22.1 Å². The van der Waals surface area contributed by atoms with Crippen LogP contribution < -0.4 is 5.73 Å². The summed E-state index contributed by atoms with van der Waals surface area (Å²) in [6, 6.07) is 14.7. The Balaban J connectivity index is 1.88. The number of H-pyrrole nitrogens is 1. The predicted molar refractivity (Wildman–Crippen MR) is 88.0 cm³/mol. The van der Waals surface area contributed by atoms with Gasteiger partial charge in [0.05, 0.1) is 0 Å². The topological polar surface area (TPSA) is 41.8 Å². The van der Waals surface area contributed by atoms with E-state index in [1.807, 2.05) is 12.1 Å². The van der Waals surface area contributed by atoms with Gasteiger partial charge in [-0.1, -0.05) is 35.9 Å². The monoisotopic (exact) mass is 296 g/mol. The molecule has 0 saturated heterocycles. The molecule has 0 aliphatic heterocycles. The van der Waals surface area contributed by atoms with Gasteiger partial charge in [-0.2, -0.15) is 0 Å². The molecule has 106 valence electrons. The molecule has 3 aromatic rings. The average Bonchev–Trinajstić information content (AvgIpc) is 3.07. The number of aromatic nitrogens is 1. The van der Waals surface area contributed by atoms with E-state index in [9.17, 15) is 0 Å². The molecule has 0 fully saturated rings. The van der Waals surface area contributed by atoms with E-state index < -0.39 is 0 Å². The quantitative estimate of drug-likeness (QED) is 0.723. The van der Waals surface area contributed by atoms with Gasteiger partial charge in [-0.15, -0.1) is 0 Å². The minimum Gasteiger partial charge on any atom is -0.361 e. The van der Waals surface area contributed by atoms with Crippen LogP contribution in [-0.4, -0.2) is 11.5 Å². The van der Waals surface area contributed by atoms with Gasteiger partial charge in [0.1, 0.15) is 0 Å². The molecule has 2 nitrogen and oxygen atoms in total. The summed E-state index contributed by atoms with van der Waals surface area (Å²) in [5.74, 6) is 0.859. The lowest BCUT2D eigenvalue weighted by atomic mass is 9.92. The van der Waals surface area contributed by atoms with Gasteiger partial charge in [0, 0.05) is 28.0 Å². The lowest BCUT2D eigenvalue weighted by Gasteiger charge is -2.11. The van der Waals surface area contributed by atoms with E-state index in [0.717, 1.165) is 17.0 Å². The smallest absolute Gasteiger partial charge is 0.0458 e. The summed E-state index contributed by atoms with van der Waals surface area (Å²) >= 11 is 6.18. The minimum atomic E-state index is 0.405. The summed E-state index contributed by atoms with van der Waals surface area (Å²) < 4.78 is 0. The Morgan fingerprint density at radius 1 is 1.10 bits per heavy atom. The maximum atomic E-state index is 6.18. The SMILES string of the molecule is NC[C@@H]1C[C@@H](c2c[nH]c3ccc(Cl)cc23)c2ccccc21. The lowest BCUT2D eigenvalue weighted by Crippen LogP contribution is -2.09. The second-order valence-electron chi connectivity index (χ2n) is 5.78. The maximum absolute atomic E-state index is 6.18. The van der Waals surface area contributed by atoms with Crippen LogP contribution in [0.15, 0.2) is 48.7 Å². The van der Waals surface area contributed by atoms with Gasteiger partial charge >= 0.3 is 0 Å². The molecule has 1 aromatic heterocycles. The average molecular weight is 297 g/mol. The summed E-state index contributed by atoms with van der Waals surface area (Å²) in [4.78, 5) is 3.37.